The third-order valence-corrected chi connectivity index (χ3v) is 6.15. The molecular weight excluding hydrogens is 344 g/mol. The van der Waals surface area contributed by atoms with Crippen molar-refractivity contribution < 1.29 is 9.90 Å². The third kappa shape index (κ3) is 4.17. The summed E-state index contributed by atoms with van der Waals surface area (Å²) in [7, 11) is 0. The Hall–Kier alpha value is -1.69. The first-order chi connectivity index (χ1) is 12.7. The minimum Gasteiger partial charge on any atom is -0.394 e. The minimum atomic E-state index is -0.493. The van der Waals surface area contributed by atoms with E-state index in [0.717, 1.165) is 44.6 Å². The van der Waals surface area contributed by atoms with Crippen LogP contribution >= 0.6 is 11.3 Å². The summed E-state index contributed by atoms with van der Waals surface area (Å²) in [5.74, 6) is 0.0805. The average Bonchev–Trinajstić information content (AvgIpc) is 3.22. The van der Waals surface area contributed by atoms with Gasteiger partial charge in [0.05, 0.1) is 12.1 Å². The van der Waals surface area contributed by atoms with Gasteiger partial charge in [-0.2, -0.15) is 11.3 Å². The standard InChI is InChI=1S/C21H28N2O2S/c1-2-20(25)23(19-6-4-3-5-7-19)21(17-24)10-13-22(14-11-21)12-8-18-9-15-26-16-18/h3-7,9,15-16,24H,2,8,10-14,17H2,1H3. The van der Waals surface area contributed by atoms with Crippen LogP contribution in [0.4, 0.5) is 5.69 Å². The van der Waals surface area contributed by atoms with Gasteiger partial charge >= 0.3 is 0 Å². The molecule has 4 nitrogen and oxygen atoms in total. The number of nitrogens with zero attached hydrogens (tertiary/aromatic N) is 2. The second kappa shape index (κ2) is 8.80. The molecule has 0 aliphatic carbocycles. The van der Waals surface area contributed by atoms with Crippen molar-refractivity contribution in [3.63, 3.8) is 0 Å². The molecular formula is C21H28N2O2S. The maximum atomic E-state index is 12.7. The van der Waals surface area contributed by atoms with E-state index in [0.29, 0.717) is 6.42 Å². The van der Waals surface area contributed by atoms with Crippen LogP contribution in [0.25, 0.3) is 0 Å². The molecule has 2 heterocycles. The van der Waals surface area contributed by atoms with E-state index in [4.69, 9.17) is 0 Å². The molecule has 0 unspecified atom stereocenters. The molecule has 1 amide bonds. The molecule has 0 radical (unpaired) electrons. The molecule has 1 aliphatic heterocycles. The molecule has 1 aromatic heterocycles. The number of likely N-dealkylation sites (tertiary alicyclic amines) is 1. The molecule has 1 saturated heterocycles. The first kappa shape index (κ1) is 19.1. The number of carbonyl (C=O) groups excluding carboxylic acids is 1. The van der Waals surface area contributed by atoms with Gasteiger partial charge in [0, 0.05) is 31.7 Å². The number of thiophene rings is 1. The highest BCUT2D eigenvalue weighted by Gasteiger charge is 2.42. The maximum Gasteiger partial charge on any atom is 0.227 e. The van der Waals surface area contributed by atoms with Crippen LogP contribution in [0, 0.1) is 0 Å². The van der Waals surface area contributed by atoms with Gasteiger partial charge in [-0.1, -0.05) is 25.1 Å². The molecule has 3 rings (SSSR count). The van der Waals surface area contributed by atoms with E-state index in [9.17, 15) is 9.90 Å². The van der Waals surface area contributed by atoms with Gasteiger partial charge in [-0.15, -0.1) is 0 Å². The molecule has 0 spiro atoms. The fourth-order valence-electron chi connectivity index (χ4n) is 3.78. The molecule has 0 bridgehead atoms. The summed E-state index contributed by atoms with van der Waals surface area (Å²) in [5, 5.41) is 14.6. The van der Waals surface area contributed by atoms with Crippen LogP contribution in [-0.4, -0.2) is 47.7 Å². The van der Waals surface area contributed by atoms with E-state index in [-0.39, 0.29) is 12.5 Å². The molecule has 0 saturated carbocycles. The third-order valence-electron chi connectivity index (χ3n) is 5.42. The topological polar surface area (TPSA) is 43.8 Å². The van der Waals surface area contributed by atoms with Crippen molar-refractivity contribution in [3.8, 4) is 0 Å². The predicted octanol–water partition coefficient (Wildman–Crippen LogP) is 3.56. The number of hydrogen-bond acceptors (Lipinski definition) is 4. The summed E-state index contributed by atoms with van der Waals surface area (Å²) in [6.45, 7) is 4.74. The summed E-state index contributed by atoms with van der Waals surface area (Å²) < 4.78 is 0. The number of carbonyl (C=O) groups is 1. The molecule has 5 heteroatoms. The van der Waals surface area contributed by atoms with E-state index >= 15 is 0 Å². The van der Waals surface area contributed by atoms with Crippen LogP contribution in [0.15, 0.2) is 47.2 Å². The number of aliphatic hydroxyl groups excluding tert-OH is 1. The highest BCUT2D eigenvalue weighted by Crippen LogP contribution is 2.34. The van der Waals surface area contributed by atoms with Gasteiger partial charge in [0.1, 0.15) is 0 Å². The molecule has 1 N–H and O–H groups in total. The second-order valence-corrected chi connectivity index (χ2v) is 7.80. The molecule has 0 atom stereocenters. The molecule has 1 fully saturated rings. The number of aliphatic hydroxyl groups is 1. The number of para-hydroxylation sites is 1. The number of benzene rings is 1. The van der Waals surface area contributed by atoms with Crippen molar-refractivity contribution in [1.29, 1.82) is 0 Å². The van der Waals surface area contributed by atoms with Crippen LogP contribution in [0.3, 0.4) is 0 Å². The summed E-state index contributed by atoms with van der Waals surface area (Å²) in [6, 6.07) is 12.0. The quantitative estimate of drug-likeness (QED) is 0.808. The lowest BCUT2D eigenvalue weighted by Gasteiger charge is -2.48. The predicted molar refractivity (Wildman–Crippen MR) is 108 cm³/mol. The Labute approximate surface area is 160 Å². The summed E-state index contributed by atoms with van der Waals surface area (Å²) in [6.07, 6.45) is 3.10. The summed E-state index contributed by atoms with van der Waals surface area (Å²) in [4.78, 5) is 17.1. The Balaban J connectivity index is 1.70. The van der Waals surface area contributed by atoms with Gasteiger partial charge in [-0.3, -0.25) is 4.79 Å². The number of amides is 1. The smallest absolute Gasteiger partial charge is 0.227 e. The summed E-state index contributed by atoms with van der Waals surface area (Å²) in [5.41, 5.74) is 1.79. The monoisotopic (exact) mass is 372 g/mol. The number of rotatable bonds is 7. The maximum absolute atomic E-state index is 12.7. The van der Waals surface area contributed by atoms with Crippen molar-refractivity contribution in [1.82, 2.24) is 4.90 Å². The molecule has 1 aliphatic rings. The zero-order valence-electron chi connectivity index (χ0n) is 15.4. The fourth-order valence-corrected chi connectivity index (χ4v) is 4.49. The molecule has 2 aromatic rings. The van der Waals surface area contributed by atoms with Crippen LogP contribution < -0.4 is 4.90 Å². The van der Waals surface area contributed by atoms with E-state index in [1.807, 2.05) is 42.2 Å². The Morgan fingerprint density at radius 1 is 1.23 bits per heavy atom. The highest BCUT2D eigenvalue weighted by molar-refractivity contribution is 7.07. The normalized spacial score (nSPS) is 17.2. The Morgan fingerprint density at radius 3 is 2.54 bits per heavy atom. The first-order valence-electron chi connectivity index (χ1n) is 9.41. The van der Waals surface area contributed by atoms with Gasteiger partial charge in [0.25, 0.3) is 0 Å². The van der Waals surface area contributed by atoms with E-state index in [2.05, 4.69) is 21.7 Å². The Kier molecular flexibility index (Phi) is 6.46. The fraction of sp³-hybridized carbons (Fsp3) is 0.476. The lowest BCUT2D eigenvalue weighted by Crippen LogP contribution is -2.60. The zero-order chi connectivity index (χ0) is 18.4. The largest absolute Gasteiger partial charge is 0.394 e. The molecule has 26 heavy (non-hydrogen) atoms. The van der Waals surface area contributed by atoms with E-state index in [1.165, 1.54) is 5.56 Å². The second-order valence-electron chi connectivity index (χ2n) is 7.02. The van der Waals surface area contributed by atoms with Gasteiger partial charge in [-0.25, -0.2) is 0 Å². The van der Waals surface area contributed by atoms with Crippen LogP contribution in [0.1, 0.15) is 31.7 Å². The van der Waals surface area contributed by atoms with E-state index in [1.54, 1.807) is 11.3 Å². The van der Waals surface area contributed by atoms with Crippen LogP contribution in [-0.2, 0) is 11.2 Å². The van der Waals surface area contributed by atoms with Crippen LogP contribution in [0.5, 0.6) is 0 Å². The lowest BCUT2D eigenvalue weighted by atomic mass is 9.85. The number of anilines is 1. The van der Waals surface area contributed by atoms with Crippen molar-refractivity contribution in [2.45, 2.75) is 38.1 Å². The van der Waals surface area contributed by atoms with Crippen molar-refractivity contribution >= 4 is 22.9 Å². The number of piperidine rings is 1. The Bertz CT molecular complexity index is 679. The van der Waals surface area contributed by atoms with Crippen molar-refractivity contribution in [2.24, 2.45) is 0 Å². The minimum absolute atomic E-state index is 0.00596. The van der Waals surface area contributed by atoms with Gasteiger partial charge in [-0.05, 0) is 53.8 Å². The number of hydrogen-bond donors (Lipinski definition) is 1. The van der Waals surface area contributed by atoms with Crippen LogP contribution in [0.2, 0.25) is 0 Å². The average molecular weight is 373 g/mol. The van der Waals surface area contributed by atoms with Gasteiger partial charge in [0.15, 0.2) is 0 Å². The van der Waals surface area contributed by atoms with Gasteiger partial charge < -0.3 is 14.9 Å². The lowest BCUT2D eigenvalue weighted by molar-refractivity contribution is -0.120. The van der Waals surface area contributed by atoms with Gasteiger partial charge in [0.2, 0.25) is 5.91 Å². The highest BCUT2D eigenvalue weighted by atomic mass is 32.1. The van der Waals surface area contributed by atoms with E-state index < -0.39 is 5.54 Å². The SMILES string of the molecule is CCC(=O)N(c1ccccc1)C1(CO)CCN(CCc2ccsc2)CC1. The summed E-state index contributed by atoms with van der Waals surface area (Å²) >= 11 is 1.74. The molecule has 1 aromatic carbocycles. The molecule has 140 valence electrons. The van der Waals surface area contributed by atoms with Crippen molar-refractivity contribution in [3.05, 3.63) is 52.7 Å². The van der Waals surface area contributed by atoms with Crippen molar-refractivity contribution in [2.75, 3.05) is 31.1 Å². The first-order valence-corrected chi connectivity index (χ1v) is 10.4. The zero-order valence-corrected chi connectivity index (χ0v) is 16.3. The Morgan fingerprint density at radius 2 is 1.96 bits per heavy atom.